The first kappa shape index (κ1) is 27.5. The summed E-state index contributed by atoms with van der Waals surface area (Å²) in [5, 5.41) is 6.14. The van der Waals surface area contributed by atoms with E-state index in [0.717, 1.165) is 37.2 Å². The van der Waals surface area contributed by atoms with Crippen molar-refractivity contribution in [1.82, 2.24) is 10.2 Å². The average Bonchev–Trinajstić information content (AvgIpc) is 3.43. The Morgan fingerprint density at radius 3 is 2.24 bits per heavy atom. The van der Waals surface area contributed by atoms with Gasteiger partial charge < -0.3 is 25.2 Å². The number of carbonyl (C=O) groups excluding carboxylic acids is 3. The summed E-state index contributed by atoms with van der Waals surface area (Å²) in [6, 6.07) is 15.3. The maximum Gasteiger partial charge on any atom is 0.410 e. The number of rotatable bonds is 6. The molecule has 1 atom stereocenters. The molecule has 4 rings (SSSR count). The van der Waals surface area contributed by atoms with Crippen LogP contribution in [0, 0.1) is 5.92 Å². The number of anilines is 2. The summed E-state index contributed by atoms with van der Waals surface area (Å²) in [5.74, 6) is -0.459. The maximum atomic E-state index is 13.4. The van der Waals surface area contributed by atoms with Crippen molar-refractivity contribution in [3.63, 3.8) is 0 Å². The van der Waals surface area contributed by atoms with E-state index in [1.807, 2.05) is 70.2 Å². The molecule has 8 nitrogen and oxygen atoms in total. The van der Waals surface area contributed by atoms with Gasteiger partial charge in [-0.25, -0.2) is 4.79 Å². The Labute approximate surface area is 225 Å². The van der Waals surface area contributed by atoms with Crippen LogP contribution in [0.1, 0.15) is 75.3 Å². The second-order valence-electron chi connectivity index (χ2n) is 11.3. The Hall–Kier alpha value is -3.55. The second-order valence-corrected chi connectivity index (χ2v) is 11.3. The molecule has 3 amide bonds. The normalized spacial score (nSPS) is 17.2. The van der Waals surface area contributed by atoms with Crippen molar-refractivity contribution in [1.29, 1.82) is 0 Å². The quantitative estimate of drug-likeness (QED) is 0.535. The number of hydrogen-bond donors (Lipinski definition) is 2. The number of nitrogens with zero attached hydrogens (tertiary/aromatic N) is 2. The summed E-state index contributed by atoms with van der Waals surface area (Å²) in [7, 11) is 0. The molecule has 8 heteroatoms. The van der Waals surface area contributed by atoms with E-state index >= 15 is 0 Å². The first-order chi connectivity index (χ1) is 18.1. The molecular formula is C30H40N4O4. The topological polar surface area (TPSA) is 91.0 Å². The zero-order valence-electron chi connectivity index (χ0n) is 23.0. The van der Waals surface area contributed by atoms with Crippen LogP contribution in [0.15, 0.2) is 48.5 Å². The SMILES string of the molecule is CC(NC(=O)c1cc(NC(=O)C2CCN(C(=O)OC(C)(C)C)CC2)ccc1N1CCCC1)c1ccccc1. The largest absolute Gasteiger partial charge is 0.444 e. The molecule has 204 valence electrons. The van der Waals surface area contributed by atoms with Crippen LogP contribution >= 0.6 is 0 Å². The number of carbonyl (C=O) groups is 3. The molecule has 2 fully saturated rings. The fourth-order valence-corrected chi connectivity index (χ4v) is 5.02. The van der Waals surface area contributed by atoms with Crippen molar-refractivity contribution >= 4 is 29.3 Å². The van der Waals surface area contributed by atoms with E-state index in [1.165, 1.54) is 0 Å². The summed E-state index contributed by atoms with van der Waals surface area (Å²) in [6.07, 6.45) is 3.00. The van der Waals surface area contributed by atoms with Crippen molar-refractivity contribution < 1.29 is 19.1 Å². The molecule has 0 saturated carbocycles. The van der Waals surface area contributed by atoms with Gasteiger partial charge in [-0.05, 0) is 77.1 Å². The molecule has 2 aromatic carbocycles. The Bertz CT molecular complexity index is 1130. The minimum atomic E-state index is -0.546. The average molecular weight is 521 g/mol. The van der Waals surface area contributed by atoms with Crippen molar-refractivity contribution in [2.45, 2.75) is 65.0 Å². The molecule has 1 unspecified atom stereocenters. The predicted octanol–water partition coefficient (Wildman–Crippen LogP) is 5.36. The zero-order valence-corrected chi connectivity index (χ0v) is 23.0. The number of likely N-dealkylation sites (tertiary alicyclic amines) is 1. The standard InChI is InChI=1S/C30H40N4O4/c1-21(22-10-6-5-7-11-22)31-28(36)25-20-24(12-13-26(25)33-16-8-9-17-33)32-27(35)23-14-18-34(19-15-23)29(37)38-30(2,3)4/h5-7,10-13,20-21,23H,8-9,14-19H2,1-4H3,(H,31,36)(H,32,35). The van der Waals surface area contributed by atoms with E-state index in [9.17, 15) is 14.4 Å². The number of nitrogens with one attached hydrogen (secondary N) is 2. The summed E-state index contributed by atoms with van der Waals surface area (Å²) < 4.78 is 5.46. The van der Waals surface area contributed by atoms with Crippen LogP contribution in [0.4, 0.5) is 16.2 Å². The Morgan fingerprint density at radius 2 is 1.61 bits per heavy atom. The van der Waals surface area contributed by atoms with E-state index < -0.39 is 5.60 Å². The summed E-state index contributed by atoms with van der Waals surface area (Å²) in [4.78, 5) is 42.8. The smallest absolute Gasteiger partial charge is 0.410 e. The lowest BCUT2D eigenvalue weighted by molar-refractivity contribution is -0.121. The van der Waals surface area contributed by atoms with Crippen LogP contribution < -0.4 is 15.5 Å². The van der Waals surface area contributed by atoms with Crippen LogP contribution in [-0.2, 0) is 9.53 Å². The lowest BCUT2D eigenvalue weighted by Crippen LogP contribution is -2.43. The molecular weight excluding hydrogens is 480 g/mol. The van der Waals surface area contributed by atoms with Crippen LogP contribution in [0.2, 0.25) is 0 Å². The molecule has 2 N–H and O–H groups in total. The first-order valence-corrected chi connectivity index (χ1v) is 13.6. The predicted molar refractivity (Wildman–Crippen MR) is 149 cm³/mol. The highest BCUT2D eigenvalue weighted by molar-refractivity contribution is 6.02. The molecule has 2 aromatic rings. The lowest BCUT2D eigenvalue weighted by atomic mass is 9.96. The first-order valence-electron chi connectivity index (χ1n) is 13.6. The number of hydrogen-bond acceptors (Lipinski definition) is 5. The molecule has 0 spiro atoms. The van der Waals surface area contributed by atoms with Gasteiger partial charge in [0.1, 0.15) is 5.60 Å². The van der Waals surface area contributed by atoms with Crippen molar-refractivity contribution in [3.05, 3.63) is 59.7 Å². The van der Waals surface area contributed by atoms with Crippen molar-refractivity contribution in [2.75, 3.05) is 36.4 Å². The summed E-state index contributed by atoms with van der Waals surface area (Å²) >= 11 is 0. The van der Waals surface area contributed by atoms with Gasteiger partial charge >= 0.3 is 6.09 Å². The van der Waals surface area contributed by atoms with Gasteiger partial charge in [-0.1, -0.05) is 30.3 Å². The molecule has 0 aromatic heterocycles. The number of amides is 3. The third-order valence-electron chi connectivity index (χ3n) is 7.12. The van der Waals surface area contributed by atoms with E-state index in [0.29, 0.717) is 37.2 Å². The van der Waals surface area contributed by atoms with Gasteiger partial charge in [0, 0.05) is 43.5 Å². The number of benzene rings is 2. The van der Waals surface area contributed by atoms with Crippen molar-refractivity contribution in [2.24, 2.45) is 5.92 Å². The highest BCUT2D eigenvalue weighted by Gasteiger charge is 2.30. The minimum Gasteiger partial charge on any atom is -0.444 e. The molecule has 2 aliphatic heterocycles. The van der Waals surface area contributed by atoms with Crippen LogP contribution in [-0.4, -0.2) is 54.6 Å². The lowest BCUT2D eigenvalue weighted by Gasteiger charge is -2.33. The molecule has 0 aliphatic carbocycles. The minimum absolute atomic E-state index is 0.0910. The zero-order chi connectivity index (χ0) is 27.3. The summed E-state index contributed by atoms with van der Waals surface area (Å²) in [5.41, 5.74) is 2.54. The van der Waals surface area contributed by atoms with Gasteiger partial charge in [-0.2, -0.15) is 0 Å². The molecule has 38 heavy (non-hydrogen) atoms. The van der Waals surface area contributed by atoms with Gasteiger partial charge in [-0.15, -0.1) is 0 Å². The van der Waals surface area contributed by atoms with Gasteiger partial charge in [0.05, 0.1) is 11.6 Å². The second kappa shape index (κ2) is 11.9. The van der Waals surface area contributed by atoms with Gasteiger partial charge in [0.25, 0.3) is 5.91 Å². The van der Waals surface area contributed by atoms with E-state index in [4.69, 9.17) is 4.74 Å². The van der Waals surface area contributed by atoms with Crippen molar-refractivity contribution in [3.8, 4) is 0 Å². The third-order valence-corrected chi connectivity index (χ3v) is 7.12. The third kappa shape index (κ3) is 7.05. The number of piperidine rings is 1. The van der Waals surface area contributed by atoms with Gasteiger partial charge in [0.2, 0.25) is 5.91 Å². The molecule has 0 bridgehead atoms. The fraction of sp³-hybridized carbons (Fsp3) is 0.500. The summed E-state index contributed by atoms with van der Waals surface area (Å²) in [6.45, 7) is 10.3. The molecule has 2 heterocycles. The van der Waals surface area contributed by atoms with E-state index in [1.54, 1.807) is 11.0 Å². The number of ether oxygens (including phenoxy) is 1. The van der Waals surface area contributed by atoms with E-state index in [2.05, 4.69) is 15.5 Å². The molecule has 2 aliphatic rings. The molecule has 0 radical (unpaired) electrons. The van der Waals surface area contributed by atoms with Crippen LogP contribution in [0.5, 0.6) is 0 Å². The van der Waals surface area contributed by atoms with Crippen LogP contribution in [0.25, 0.3) is 0 Å². The highest BCUT2D eigenvalue weighted by atomic mass is 16.6. The molecule has 2 saturated heterocycles. The highest BCUT2D eigenvalue weighted by Crippen LogP contribution is 2.29. The van der Waals surface area contributed by atoms with E-state index in [-0.39, 0.29) is 29.9 Å². The van der Waals surface area contributed by atoms with Crippen LogP contribution in [0.3, 0.4) is 0 Å². The van der Waals surface area contributed by atoms with Gasteiger partial charge in [0.15, 0.2) is 0 Å². The maximum absolute atomic E-state index is 13.4. The Kier molecular flexibility index (Phi) is 8.59. The van der Waals surface area contributed by atoms with Gasteiger partial charge in [-0.3, -0.25) is 9.59 Å². The monoisotopic (exact) mass is 520 g/mol. The fourth-order valence-electron chi connectivity index (χ4n) is 5.02. The Morgan fingerprint density at radius 1 is 0.947 bits per heavy atom. The Balaban J connectivity index is 1.43.